The highest BCUT2D eigenvalue weighted by Gasteiger charge is 2.27. The number of rotatable bonds is 5. The lowest BCUT2D eigenvalue weighted by atomic mass is 9.86. The summed E-state index contributed by atoms with van der Waals surface area (Å²) in [6.07, 6.45) is 3.30. The Hall–Kier alpha value is -2.44. The molecule has 0 unspecified atom stereocenters. The number of carbonyl (C=O) groups excluding carboxylic acids is 2. The molecule has 7 heteroatoms. The maximum absolute atomic E-state index is 12.3. The van der Waals surface area contributed by atoms with Gasteiger partial charge in [0.2, 0.25) is 0 Å². The molecule has 0 bridgehead atoms. The van der Waals surface area contributed by atoms with Gasteiger partial charge in [-0.3, -0.25) is 14.9 Å². The summed E-state index contributed by atoms with van der Waals surface area (Å²) in [6.45, 7) is 5.10. The summed E-state index contributed by atoms with van der Waals surface area (Å²) in [5, 5.41) is 13.9. The normalized spacial score (nSPS) is 21.2. The fourth-order valence-electron chi connectivity index (χ4n) is 3.15. The zero-order valence-electron chi connectivity index (χ0n) is 14.8. The van der Waals surface area contributed by atoms with Crippen molar-refractivity contribution in [3.05, 3.63) is 39.4 Å². The van der Waals surface area contributed by atoms with Crippen molar-refractivity contribution in [3.8, 4) is 0 Å². The molecule has 7 nitrogen and oxygen atoms in total. The first-order valence-electron chi connectivity index (χ1n) is 8.56. The van der Waals surface area contributed by atoms with E-state index in [1.807, 2.05) is 0 Å². The Labute approximate surface area is 146 Å². The number of ether oxygens (including phenoxy) is 1. The number of benzene rings is 1. The van der Waals surface area contributed by atoms with Crippen LogP contribution in [-0.4, -0.2) is 28.9 Å². The topological polar surface area (TPSA) is 98.5 Å². The highest BCUT2D eigenvalue weighted by Crippen LogP contribution is 2.24. The average Bonchev–Trinajstić information content (AvgIpc) is 2.56. The number of nitrogens with one attached hydrogen (secondary N) is 1. The average molecular weight is 348 g/mol. The summed E-state index contributed by atoms with van der Waals surface area (Å²) < 4.78 is 5.22. The van der Waals surface area contributed by atoms with Crippen LogP contribution < -0.4 is 5.32 Å². The molecule has 1 aromatic rings. The Morgan fingerprint density at radius 2 is 2.00 bits per heavy atom. The molecule has 3 atom stereocenters. The Morgan fingerprint density at radius 3 is 2.64 bits per heavy atom. The second-order valence-electron chi connectivity index (χ2n) is 6.63. The maximum Gasteiger partial charge on any atom is 0.339 e. The molecule has 25 heavy (non-hydrogen) atoms. The van der Waals surface area contributed by atoms with Gasteiger partial charge in [-0.15, -0.1) is 0 Å². The van der Waals surface area contributed by atoms with Crippen molar-refractivity contribution in [1.29, 1.82) is 0 Å². The van der Waals surface area contributed by atoms with E-state index in [-0.39, 0.29) is 28.8 Å². The monoisotopic (exact) mass is 348 g/mol. The van der Waals surface area contributed by atoms with Crippen molar-refractivity contribution >= 4 is 17.6 Å². The molecule has 0 aliphatic heterocycles. The predicted octanol–water partition coefficient (Wildman–Crippen LogP) is 3.14. The number of amides is 1. The van der Waals surface area contributed by atoms with Crippen LogP contribution in [0.4, 0.5) is 5.69 Å². The van der Waals surface area contributed by atoms with Crippen molar-refractivity contribution in [2.45, 2.75) is 58.6 Å². The maximum atomic E-state index is 12.3. The zero-order valence-corrected chi connectivity index (χ0v) is 14.8. The van der Waals surface area contributed by atoms with E-state index in [9.17, 15) is 19.7 Å². The molecule has 0 radical (unpaired) electrons. The zero-order chi connectivity index (χ0) is 18.6. The number of nitrogens with zero attached hydrogens (tertiary/aromatic N) is 1. The van der Waals surface area contributed by atoms with E-state index in [2.05, 4.69) is 12.2 Å². The smallest absolute Gasteiger partial charge is 0.339 e. The molecule has 136 valence electrons. The molecule has 2 rings (SSSR count). The van der Waals surface area contributed by atoms with Gasteiger partial charge in [0.05, 0.1) is 10.5 Å². The highest BCUT2D eigenvalue weighted by molar-refractivity contribution is 5.94. The summed E-state index contributed by atoms with van der Waals surface area (Å²) in [4.78, 5) is 35.0. The third-order valence-corrected chi connectivity index (χ3v) is 4.81. The summed E-state index contributed by atoms with van der Waals surface area (Å²) in [6, 6.07) is 4.31. The van der Waals surface area contributed by atoms with Gasteiger partial charge in [-0.1, -0.05) is 25.8 Å². The van der Waals surface area contributed by atoms with E-state index in [1.54, 1.807) is 0 Å². The first kappa shape index (κ1) is 18.9. The lowest BCUT2D eigenvalue weighted by Gasteiger charge is -2.30. The quantitative estimate of drug-likeness (QED) is 0.501. The van der Waals surface area contributed by atoms with Gasteiger partial charge < -0.3 is 10.1 Å². The summed E-state index contributed by atoms with van der Waals surface area (Å²) in [5.41, 5.74) is 0.175. The molecule has 1 N–H and O–H groups in total. The molecule has 1 aliphatic rings. The van der Waals surface area contributed by atoms with Crippen molar-refractivity contribution in [1.82, 2.24) is 5.32 Å². The van der Waals surface area contributed by atoms with Crippen LogP contribution in [0.3, 0.4) is 0 Å². The fraction of sp³-hybridized carbons (Fsp3) is 0.556. The molecule has 1 saturated carbocycles. The van der Waals surface area contributed by atoms with Crippen molar-refractivity contribution in [3.63, 3.8) is 0 Å². The summed E-state index contributed by atoms with van der Waals surface area (Å²) in [7, 11) is 0. The van der Waals surface area contributed by atoms with Crippen LogP contribution in [0.5, 0.6) is 0 Å². The van der Waals surface area contributed by atoms with Crippen LogP contribution in [0, 0.1) is 23.0 Å². The molecular formula is C18H24N2O5. The van der Waals surface area contributed by atoms with Crippen LogP contribution >= 0.6 is 0 Å². The first-order valence-corrected chi connectivity index (χ1v) is 8.56. The standard InChI is InChI=1S/C18H24N2O5/c1-11-7-4-5-9-15(11)19-17(21)13(3)25-18(22)14-8-6-10-16(12(14)2)20(23)24/h6,8,10-11,13,15H,4-5,7,9H2,1-3H3,(H,19,21)/t11-,13+,15+/m0/s1. The molecule has 1 amide bonds. The van der Waals surface area contributed by atoms with E-state index < -0.39 is 17.0 Å². The Balaban J connectivity index is 2.01. The summed E-state index contributed by atoms with van der Waals surface area (Å²) in [5.74, 6) is -0.671. The molecule has 1 aromatic carbocycles. The Kier molecular flexibility index (Phi) is 6.12. The number of nitro groups is 1. The Bertz CT molecular complexity index is 673. The molecule has 0 aromatic heterocycles. The van der Waals surface area contributed by atoms with Crippen LogP contribution in [0.2, 0.25) is 0 Å². The van der Waals surface area contributed by atoms with Gasteiger partial charge in [-0.05, 0) is 38.7 Å². The van der Waals surface area contributed by atoms with Gasteiger partial charge in [0.25, 0.3) is 11.6 Å². The molecule has 1 fully saturated rings. The SMILES string of the molecule is Cc1c(C(=O)O[C@H](C)C(=O)N[C@@H]2CCCC[C@@H]2C)cccc1[N+](=O)[O-]. The third-order valence-electron chi connectivity index (χ3n) is 4.81. The number of hydrogen-bond donors (Lipinski definition) is 1. The summed E-state index contributed by atoms with van der Waals surface area (Å²) >= 11 is 0. The molecule has 0 spiro atoms. The number of nitro benzene ring substituents is 1. The number of carbonyl (C=O) groups is 2. The third kappa shape index (κ3) is 4.55. The van der Waals surface area contributed by atoms with Gasteiger partial charge in [-0.2, -0.15) is 0 Å². The van der Waals surface area contributed by atoms with Gasteiger partial charge in [-0.25, -0.2) is 4.79 Å². The van der Waals surface area contributed by atoms with Gasteiger partial charge >= 0.3 is 5.97 Å². The van der Waals surface area contributed by atoms with E-state index in [0.29, 0.717) is 5.92 Å². The largest absolute Gasteiger partial charge is 0.449 e. The second kappa shape index (κ2) is 8.09. The van der Waals surface area contributed by atoms with Crippen LogP contribution in [0.25, 0.3) is 0 Å². The molecule has 0 heterocycles. The molecule has 0 saturated heterocycles. The van der Waals surface area contributed by atoms with E-state index in [4.69, 9.17) is 4.74 Å². The number of esters is 1. The van der Waals surface area contributed by atoms with Crippen molar-refractivity contribution in [2.75, 3.05) is 0 Å². The van der Waals surface area contributed by atoms with Crippen LogP contribution in [-0.2, 0) is 9.53 Å². The first-order chi connectivity index (χ1) is 11.8. The minimum atomic E-state index is -0.958. The Morgan fingerprint density at radius 1 is 1.32 bits per heavy atom. The van der Waals surface area contributed by atoms with Gasteiger partial charge in [0.15, 0.2) is 6.10 Å². The molecule has 1 aliphatic carbocycles. The highest BCUT2D eigenvalue weighted by atomic mass is 16.6. The second-order valence-corrected chi connectivity index (χ2v) is 6.63. The molecular weight excluding hydrogens is 324 g/mol. The van der Waals surface area contributed by atoms with E-state index in [0.717, 1.165) is 19.3 Å². The minimum absolute atomic E-state index is 0.0971. The van der Waals surface area contributed by atoms with Crippen LogP contribution in [0.15, 0.2) is 18.2 Å². The van der Waals surface area contributed by atoms with E-state index >= 15 is 0 Å². The van der Waals surface area contributed by atoms with Gasteiger partial charge in [0.1, 0.15) is 0 Å². The predicted molar refractivity (Wildman–Crippen MR) is 92.3 cm³/mol. The minimum Gasteiger partial charge on any atom is -0.449 e. The fourth-order valence-corrected chi connectivity index (χ4v) is 3.15. The lowest BCUT2D eigenvalue weighted by molar-refractivity contribution is -0.385. The van der Waals surface area contributed by atoms with Gasteiger partial charge in [0, 0.05) is 17.7 Å². The number of hydrogen-bond acceptors (Lipinski definition) is 5. The lowest BCUT2D eigenvalue weighted by Crippen LogP contribution is -2.46. The van der Waals surface area contributed by atoms with Crippen molar-refractivity contribution < 1.29 is 19.2 Å². The van der Waals surface area contributed by atoms with Crippen LogP contribution in [0.1, 0.15) is 55.5 Å². The van der Waals surface area contributed by atoms with Crippen molar-refractivity contribution in [2.24, 2.45) is 5.92 Å². The van der Waals surface area contributed by atoms with E-state index in [1.165, 1.54) is 38.5 Å².